The number of fused-ring (bicyclic) bond motifs is 1. The number of H-pyrrole nitrogens is 1. The molecule has 0 bridgehead atoms. The third-order valence-electron chi connectivity index (χ3n) is 3.66. The first-order chi connectivity index (χ1) is 12.4. The number of amides is 1. The second-order valence-electron chi connectivity index (χ2n) is 5.58. The maximum atomic E-state index is 12.8. The highest BCUT2D eigenvalue weighted by Crippen LogP contribution is 2.10. The number of benzene rings is 2. The summed E-state index contributed by atoms with van der Waals surface area (Å²) in [5, 5.41) is 2.68. The summed E-state index contributed by atoms with van der Waals surface area (Å²) in [6.07, 6.45) is -0.0271. The molecule has 1 amide bonds. The standard InChI is InChI=1S/C17H17FN4O3S/c18-12-5-7-13(8-6-12)26(24,25)20-10-9-17(23)19-11-16-21-14-3-1-2-4-15(14)22-16/h1-8,20H,9-11H2,(H,19,23)(H,21,22). The number of nitrogens with one attached hydrogen (secondary N) is 3. The van der Waals surface area contributed by atoms with Crippen molar-refractivity contribution in [1.82, 2.24) is 20.0 Å². The van der Waals surface area contributed by atoms with Crippen molar-refractivity contribution in [2.45, 2.75) is 17.9 Å². The fourth-order valence-electron chi connectivity index (χ4n) is 2.36. The van der Waals surface area contributed by atoms with Crippen LogP contribution in [-0.2, 0) is 21.4 Å². The van der Waals surface area contributed by atoms with E-state index in [0.717, 1.165) is 23.2 Å². The highest BCUT2D eigenvalue weighted by Gasteiger charge is 2.14. The van der Waals surface area contributed by atoms with Gasteiger partial charge in [0.25, 0.3) is 0 Å². The minimum atomic E-state index is -3.77. The molecular weight excluding hydrogens is 359 g/mol. The Kier molecular flexibility index (Phi) is 5.29. The van der Waals surface area contributed by atoms with Crippen LogP contribution in [0.25, 0.3) is 11.0 Å². The number of rotatable bonds is 7. The van der Waals surface area contributed by atoms with Gasteiger partial charge in [-0.15, -0.1) is 0 Å². The van der Waals surface area contributed by atoms with Crippen molar-refractivity contribution >= 4 is 27.0 Å². The molecule has 7 nitrogen and oxygen atoms in total. The van der Waals surface area contributed by atoms with E-state index in [2.05, 4.69) is 20.0 Å². The molecule has 0 aliphatic rings. The first kappa shape index (κ1) is 18.0. The second-order valence-corrected chi connectivity index (χ2v) is 7.35. The predicted molar refractivity (Wildman–Crippen MR) is 94.1 cm³/mol. The molecule has 136 valence electrons. The largest absolute Gasteiger partial charge is 0.349 e. The summed E-state index contributed by atoms with van der Waals surface area (Å²) in [5.41, 5.74) is 1.69. The van der Waals surface area contributed by atoms with Gasteiger partial charge in [0.1, 0.15) is 11.6 Å². The SMILES string of the molecule is O=C(CCNS(=O)(=O)c1ccc(F)cc1)NCc1nc2ccccc2[nH]1. The van der Waals surface area contributed by atoms with E-state index in [1.54, 1.807) is 0 Å². The molecule has 1 heterocycles. The molecule has 3 rings (SSSR count). The van der Waals surface area contributed by atoms with Gasteiger partial charge in [0.15, 0.2) is 0 Å². The third kappa shape index (κ3) is 4.44. The van der Waals surface area contributed by atoms with Gasteiger partial charge in [-0.1, -0.05) is 12.1 Å². The fourth-order valence-corrected chi connectivity index (χ4v) is 3.39. The lowest BCUT2D eigenvalue weighted by Crippen LogP contribution is -2.30. The van der Waals surface area contributed by atoms with Crippen LogP contribution in [-0.4, -0.2) is 30.8 Å². The Morgan fingerprint density at radius 1 is 1.12 bits per heavy atom. The minimum Gasteiger partial charge on any atom is -0.349 e. The fraction of sp³-hybridized carbons (Fsp3) is 0.176. The van der Waals surface area contributed by atoms with Crippen LogP contribution < -0.4 is 10.0 Å². The highest BCUT2D eigenvalue weighted by atomic mass is 32.2. The van der Waals surface area contributed by atoms with E-state index >= 15 is 0 Å². The quantitative estimate of drug-likeness (QED) is 0.584. The number of aromatic amines is 1. The summed E-state index contributed by atoms with van der Waals surface area (Å²) in [5.74, 6) is -0.215. The monoisotopic (exact) mass is 376 g/mol. The summed E-state index contributed by atoms with van der Waals surface area (Å²) in [4.78, 5) is 19.2. The number of nitrogens with zero attached hydrogens (tertiary/aromatic N) is 1. The number of aromatic nitrogens is 2. The molecule has 0 aliphatic heterocycles. The Hall–Kier alpha value is -2.78. The van der Waals surface area contributed by atoms with E-state index in [-0.39, 0.29) is 30.3 Å². The molecule has 3 N–H and O–H groups in total. The molecule has 2 aromatic carbocycles. The molecule has 0 spiro atoms. The number of halogens is 1. The molecule has 0 unspecified atom stereocenters. The molecule has 1 aromatic heterocycles. The maximum Gasteiger partial charge on any atom is 0.240 e. The summed E-state index contributed by atoms with van der Waals surface area (Å²) < 4.78 is 39.2. The summed E-state index contributed by atoms with van der Waals surface area (Å²) in [6.45, 7) is 0.157. The lowest BCUT2D eigenvalue weighted by atomic mass is 10.3. The van der Waals surface area contributed by atoms with Gasteiger partial charge in [0, 0.05) is 13.0 Å². The van der Waals surface area contributed by atoms with Crippen molar-refractivity contribution in [2.24, 2.45) is 0 Å². The number of para-hydroxylation sites is 2. The van der Waals surface area contributed by atoms with Crippen LogP contribution in [0.3, 0.4) is 0 Å². The van der Waals surface area contributed by atoms with Crippen molar-refractivity contribution in [3.05, 3.63) is 60.2 Å². The Morgan fingerprint density at radius 2 is 1.85 bits per heavy atom. The van der Waals surface area contributed by atoms with E-state index < -0.39 is 15.8 Å². The molecule has 0 atom stereocenters. The van der Waals surface area contributed by atoms with Gasteiger partial charge < -0.3 is 10.3 Å². The number of carbonyl (C=O) groups excluding carboxylic acids is 1. The summed E-state index contributed by atoms with van der Waals surface area (Å²) in [6, 6.07) is 12.0. The van der Waals surface area contributed by atoms with Crippen molar-refractivity contribution < 1.29 is 17.6 Å². The maximum absolute atomic E-state index is 12.8. The molecule has 0 saturated heterocycles. The smallest absolute Gasteiger partial charge is 0.240 e. The first-order valence-corrected chi connectivity index (χ1v) is 9.38. The Bertz CT molecular complexity index is 983. The van der Waals surface area contributed by atoms with Gasteiger partial charge in [-0.2, -0.15) is 0 Å². The zero-order chi connectivity index (χ0) is 18.6. The first-order valence-electron chi connectivity index (χ1n) is 7.89. The Morgan fingerprint density at radius 3 is 2.58 bits per heavy atom. The van der Waals surface area contributed by atoms with Crippen LogP contribution in [0.15, 0.2) is 53.4 Å². The van der Waals surface area contributed by atoms with Crippen molar-refractivity contribution in [2.75, 3.05) is 6.54 Å². The van der Waals surface area contributed by atoms with Crippen LogP contribution in [0.5, 0.6) is 0 Å². The van der Waals surface area contributed by atoms with Crippen molar-refractivity contribution in [3.8, 4) is 0 Å². The normalized spacial score (nSPS) is 11.6. The second kappa shape index (κ2) is 7.63. The highest BCUT2D eigenvalue weighted by molar-refractivity contribution is 7.89. The van der Waals surface area contributed by atoms with Crippen LogP contribution in [0.4, 0.5) is 4.39 Å². The molecule has 9 heteroatoms. The molecule has 0 fully saturated rings. The average molecular weight is 376 g/mol. The van der Waals surface area contributed by atoms with Crippen molar-refractivity contribution in [1.29, 1.82) is 0 Å². The van der Waals surface area contributed by atoms with E-state index in [1.807, 2.05) is 24.3 Å². The number of carbonyl (C=O) groups is 1. The van der Waals surface area contributed by atoms with Gasteiger partial charge in [0.2, 0.25) is 15.9 Å². The zero-order valence-electron chi connectivity index (χ0n) is 13.7. The van der Waals surface area contributed by atoms with Crippen LogP contribution in [0.1, 0.15) is 12.2 Å². The minimum absolute atomic E-state index is 0.0271. The lowest BCUT2D eigenvalue weighted by Gasteiger charge is -2.07. The summed E-state index contributed by atoms with van der Waals surface area (Å²) >= 11 is 0. The van der Waals surface area contributed by atoms with Crippen LogP contribution in [0.2, 0.25) is 0 Å². The zero-order valence-corrected chi connectivity index (χ0v) is 14.5. The van der Waals surface area contributed by atoms with E-state index in [4.69, 9.17) is 0 Å². The Balaban J connectivity index is 1.47. The molecule has 3 aromatic rings. The lowest BCUT2D eigenvalue weighted by molar-refractivity contribution is -0.121. The topological polar surface area (TPSA) is 104 Å². The Labute approximate surface area is 149 Å². The predicted octanol–water partition coefficient (Wildman–Crippen LogP) is 1.69. The molecule has 0 saturated carbocycles. The third-order valence-corrected chi connectivity index (χ3v) is 5.14. The van der Waals surface area contributed by atoms with Gasteiger partial charge in [-0.25, -0.2) is 22.5 Å². The number of imidazole rings is 1. The molecule has 0 aliphatic carbocycles. The van der Waals surface area contributed by atoms with E-state index in [9.17, 15) is 17.6 Å². The molecule has 0 radical (unpaired) electrons. The van der Waals surface area contributed by atoms with Crippen LogP contribution in [0, 0.1) is 5.82 Å². The van der Waals surface area contributed by atoms with Crippen LogP contribution >= 0.6 is 0 Å². The average Bonchev–Trinajstić information content (AvgIpc) is 3.03. The molecular formula is C17H17FN4O3S. The van der Waals surface area contributed by atoms with E-state index in [0.29, 0.717) is 5.82 Å². The molecule has 26 heavy (non-hydrogen) atoms. The van der Waals surface area contributed by atoms with Gasteiger partial charge >= 0.3 is 0 Å². The van der Waals surface area contributed by atoms with Crippen molar-refractivity contribution in [3.63, 3.8) is 0 Å². The van der Waals surface area contributed by atoms with E-state index in [1.165, 1.54) is 12.1 Å². The summed E-state index contributed by atoms with van der Waals surface area (Å²) in [7, 11) is -3.77. The number of hydrogen-bond acceptors (Lipinski definition) is 4. The van der Waals surface area contributed by atoms with Gasteiger partial charge in [-0.3, -0.25) is 4.79 Å². The van der Waals surface area contributed by atoms with Gasteiger partial charge in [-0.05, 0) is 36.4 Å². The van der Waals surface area contributed by atoms with Gasteiger partial charge in [0.05, 0.1) is 22.5 Å². The number of hydrogen-bond donors (Lipinski definition) is 3. The number of sulfonamides is 1.